The van der Waals surface area contributed by atoms with E-state index in [-0.39, 0.29) is 11.9 Å². The average Bonchev–Trinajstić information content (AvgIpc) is 2.39. The van der Waals surface area contributed by atoms with Gasteiger partial charge >= 0.3 is 0 Å². The fourth-order valence-corrected chi connectivity index (χ4v) is 2.76. The quantitative estimate of drug-likeness (QED) is 0.617. The minimum Gasteiger partial charge on any atom is -0.383 e. The number of carbonyl (C=O) groups is 1. The van der Waals surface area contributed by atoms with Gasteiger partial charge in [-0.1, -0.05) is 6.92 Å². The monoisotopic (exact) mass is 285 g/mol. The SMILES string of the molecule is CCCNCC1CCCN(CC(=O)NC(C)COC)C1. The van der Waals surface area contributed by atoms with Crippen molar-refractivity contribution in [1.82, 2.24) is 15.5 Å². The highest BCUT2D eigenvalue weighted by molar-refractivity contribution is 5.78. The number of likely N-dealkylation sites (tertiary alicyclic amines) is 1. The van der Waals surface area contributed by atoms with Gasteiger partial charge in [0, 0.05) is 19.7 Å². The van der Waals surface area contributed by atoms with E-state index in [2.05, 4.69) is 22.5 Å². The zero-order chi connectivity index (χ0) is 14.8. The van der Waals surface area contributed by atoms with Gasteiger partial charge in [-0.15, -0.1) is 0 Å². The molecule has 0 aromatic rings. The molecule has 0 spiro atoms. The highest BCUT2D eigenvalue weighted by atomic mass is 16.5. The van der Waals surface area contributed by atoms with Crippen LogP contribution in [0.15, 0.2) is 0 Å². The van der Waals surface area contributed by atoms with Crippen LogP contribution in [0, 0.1) is 5.92 Å². The molecule has 0 aromatic carbocycles. The maximum atomic E-state index is 11.9. The average molecular weight is 285 g/mol. The Balaban J connectivity index is 2.23. The summed E-state index contributed by atoms with van der Waals surface area (Å²) in [7, 11) is 1.65. The molecule has 0 radical (unpaired) electrons. The van der Waals surface area contributed by atoms with Crippen molar-refractivity contribution in [1.29, 1.82) is 0 Å². The van der Waals surface area contributed by atoms with Gasteiger partial charge < -0.3 is 15.4 Å². The summed E-state index contributed by atoms with van der Waals surface area (Å²) in [5.74, 6) is 0.788. The molecule has 2 N–H and O–H groups in total. The predicted octanol–water partition coefficient (Wildman–Crippen LogP) is 0.849. The molecule has 0 aromatic heterocycles. The smallest absolute Gasteiger partial charge is 0.234 e. The third kappa shape index (κ3) is 7.22. The third-order valence-electron chi connectivity index (χ3n) is 3.65. The van der Waals surface area contributed by atoms with E-state index in [1.54, 1.807) is 7.11 Å². The molecule has 0 saturated carbocycles. The minimum absolute atomic E-state index is 0.0827. The fraction of sp³-hybridized carbons (Fsp3) is 0.933. The Bertz CT molecular complexity index is 274. The molecular weight excluding hydrogens is 254 g/mol. The van der Waals surface area contributed by atoms with Crippen LogP contribution in [0.4, 0.5) is 0 Å². The largest absolute Gasteiger partial charge is 0.383 e. The molecule has 20 heavy (non-hydrogen) atoms. The first-order chi connectivity index (χ1) is 9.65. The van der Waals surface area contributed by atoms with E-state index in [1.807, 2.05) is 6.92 Å². The number of methoxy groups -OCH3 is 1. The van der Waals surface area contributed by atoms with Crippen molar-refractivity contribution in [3.8, 4) is 0 Å². The van der Waals surface area contributed by atoms with Gasteiger partial charge in [0.2, 0.25) is 5.91 Å². The maximum absolute atomic E-state index is 11.9. The Morgan fingerprint density at radius 1 is 1.50 bits per heavy atom. The highest BCUT2D eigenvalue weighted by Crippen LogP contribution is 2.15. The molecule has 1 saturated heterocycles. The number of nitrogens with zero attached hydrogens (tertiary/aromatic N) is 1. The second-order valence-corrected chi connectivity index (χ2v) is 5.87. The summed E-state index contributed by atoms with van der Waals surface area (Å²) in [5, 5.41) is 6.46. The van der Waals surface area contributed by atoms with E-state index in [0.717, 1.165) is 26.2 Å². The van der Waals surface area contributed by atoms with Crippen molar-refractivity contribution >= 4 is 5.91 Å². The van der Waals surface area contributed by atoms with Crippen molar-refractivity contribution in [2.45, 2.75) is 39.2 Å². The standard InChI is InChI=1S/C15H31N3O2/c1-4-7-16-9-14-6-5-8-18(10-14)11-15(19)17-13(2)12-20-3/h13-14,16H,4-12H2,1-3H3,(H,17,19). The molecule has 1 amide bonds. The van der Waals surface area contributed by atoms with Crippen LogP contribution in [0.25, 0.3) is 0 Å². The summed E-state index contributed by atoms with van der Waals surface area (Å²) in [4.78, 5) is 14.2. The first-order valence-corrected chi connectivity index (χ1v) is 7.87. The topological polar surface area (TPSA) is 53.6 Å². The van der Waals surface area contributed by atoms with Crippen molar-refractivity contribution in [3.63, 3.8) is 0 Å². The number of hydrogen-bond donors (Lipinski definition) is 2. The lowest BCUT2D eigenvalue weighted by Crippen LogP contribution is -2.46. The molecule has 2 atom stereocenters. The molecule has 1 fully saturated rings. The summed E-state index contributed by atoms with van der Waals surface area (Å²) in [5.41, 5.74) is 0. The van der Waals surface area contributed by atoms with Crippen LogP contribution >= 0.6 is 0 Å². The first kappa shape index (κ1) is 17.4. The van der Waals surface area contributed by atoms with Gasteiger partial charge in [0.05, 0.1) is 13.2 Å². The Kier molecular flexibility index (Phi) is 8.82. The molecule has 5 heteroatoms. The van der Waals surface area contributed by atoms with Crippen molar-refractivity contribution < 1.29 is 9.53 Å². The van der Waals surface area contributed by atoms with E-state index in [9.17, 15) is 4.79 Å². The predicted molar refractivity (Wildman–Crippen MR) is 81.8 cm³/mol. The molecule has 1 heterocycles. The highest BCUT2D eigenvalue weighted by Gasteiger charge is 2.21. The lowest BCUT2D eigenvalue weighted by molar-refractivity contribution is -0.123. The molecular formula is C15H31N3O2. The van der Waals surface area contributed by atoms with Crippen molar-refractivity contribution in [3.05, 3.63) is 0 Å². The van der Waals surface area contributed by atoms with Crippen LogP contribution in [0.1, 0.15) is 33.1 Å². The zero-order valence-corrected chi connectivity index (χ0v) is 13.3. The summed E-state index contributed by atoms with van der Waals surface area (Å²) >= 11 is 0. The van der Waals surface area contributed by atoms with Gasteiger partial charge in [0.25, 0.3) is 0 Å². The number of carbonyl (C=O) groups excluding carboxylic acids is 1. The van der Waals surface area contributed by atoms with Gasteiger partial charge in [-0.05, 0) is 51.7 Å². The van der Waals surface area contributed by atoms with Crippen LogP contribution in [-0.4, -0.2) is 63.3 Å². The van der Waals surface area contributed by atoms with E-state index in [0.29, 0.717) is 19.1 Å². The Hall–Kier alpha value is -0.650. The number of rotatable bonds is 9. The van der Waals surface area contributed by atoms with Gasteiger partial charge in [0.15, 0.2) is 0 Å². The van der Waals surface area contributed by atoms with Crippen molar-refractivity contribution in [2.24, 2.45) is 5.92 Å². The molecule has 1 aliphatic rings. The van der Waals surface area contributed by atoms with Gasteiger partial charge in [0.1, 0.15) is 0 Å². The molecule has 0 bridgehead atoms. The summed E-state index contributed by atoms with van der Waals surface area (Å²) in [6, 6.07) is 0.0827. The molecule has 1 rings (SSSR count). The summed E-state index contributed by atoms with van der Waals surface area (Å²) < 4.78 is 5.03. The lowest BCUT2D eigenvalue weighted by atomic mass is 9.98. The molecule has 118 valence electrons. The number of piperidine rings is 1. The van der Waals surface area contributed by atoms with Crippen LogP contribution in [0.3, 0.4) is 0 Å². The molecule has 1 aliphatic heterocycles. The van der Waals surface area contributed by atoms with Crippen LogP contribution in [-0.2, 0) is 9.53 Å². The van der Waals surface area contributed by atoms with E-state index < -0.39 is 0 Å². The van der Waals surface area contributed by atoms with E-state index >= 15 is 0 Å². The van der Waals surface area contributed by atoms with Gasteiger partial charge in [-0.25, -0.2) is 0 Å². The van der Waals surface area contributed by atoms with Crippen molar-refractivity contribution in [2.75, 3.05) is 46.4 Å². The van der Waals surface area contributed by atoms with Crippen LogP contribution in [0.2, 0.25) is 0 Å². The second-order valence-electron chi connectivity index (χ2n) is 5.87. The Morgan fingerprint density at radius 3 is 3.00 bits per heavy atom. The zero-order valence-electron chi connectivity index (χ0n) is 13.3. The number of amides is 1. The number of nitrogens with one attached hydrogen (secondary N) is 2. The minimum atomic E-state index is 0.0827. The third-order valence-corrected chi connectivity index (χ3v) is 3.65. The van der Waals surface area contributed by atoms with E-state index in [4.69, 9.17) is 4.74 Å². The second kappa shape index (κ2) is 10.1. The molecule has 2 unspecified atom stereocenters. The maximum Gasteiger partial charge on any atom is 0.234 e. The fourth-order valence-electron chi connectivity index (χ4n) is 2.76. The van der Waals surface area contributed by atoms with E-state index in [1.165, 1.54) is 19.3 Å². The number of ether oxygens (including phenoxy) is 1. The number of hydrogen-bond acceptors (Lipinski definition) is 4. The van der Waals surface area contributed by atoms with Gasteiger partial charge in [-0.3, -0.25) is 9.69 Å². The molecule has 5 nitrogen and oxygen atoms in total. The van der Waals surface area contributed by atoms with Crippen LogP contribution < -0.4 is 10.6 Å². The lowest BCUT2D eigenvalue weighted by Gasteiger charge is -2.32. The summed E-state index contributed by atoms with van der Waals surface area (Å²) in [6.07, 6.45) is 3.64. The first-order valence-electron chi connectivity index (χ1n) is 7.87. The molecule has 0 aliphatic carbocycles. The summed E-state index contributed by atoms with van der Waals surface area (Å²) in [6.45, 7) is 9.46. The Morgan fingerprint density at radius 2 is 2.30 bits per heavy atom. The van der Waals surface area contributed by atoms with Gasteiger partial charge in [-0.2, -0.15) is 0 Å². The Labute approximate surface area is 123 Å². The normalized spacial score (nSPS) is 21.6. The van der Waals surface area contributed by atoms with Crippen LogP contribution in [0.5, 0.6) is 0 Å².